The predicted molar refractivity (Wildman–Crippen MR) is 75.2 cm³/mol. The minimum Gasteiger partial charge on any atom is -0.478 e. The van der Waals surface area contributed by atoms with E-state index < -0.39 is 23.0 Å². The Morgan fingerprint density at radius 3 is 2.14 bits per heavy atom. The van der Waals surface area contributed by atoms with Crippen LogP contribution in [-0.2, 0) is 5.41 Å². The van der Waals surface area contributed by atoms with Crippen LogP contribution in [0.1, 0.15) is 36.8 Å². The molecule has 0 unspecified atom stereocenters. The van der Waals surface area contributed by atoms with Crippen molar-refractivity contribution in [1.82, 2.24) is 4.98 Å². The van der Waals surface area contributed by atoms with Gasteiger partial charge in [0.1, 0.15) is 11.6 Å². The molecule has 2 aromatic rings. The molecule has 1 N–H and O–H groups in total. The third-order valence-electron chi connectivity index (χ3n) is 2.99. The van der Waals surface area contributed by atoms with Crippen LogP contribution in [0.25, 0.3) is 11.3 Å². The van der Waals surface area contributed by atoms with Gasteiger partial charge in [-0.2, -0.15) is 0 Å². The Hall–Kier alpha value is -2.30. The Morgan fingerprint density at radius 2 is 1.67 bits per heavy atom. The van der Waals surface area contributed by atoms with E-state index in [-0.39, 0.29) is 11.1 Å². The van der Waals surface area contributed by atoms with Gasteiger partial charge in [0.15, 0.2) is 0 Å². The molecule has 21 heavy (non-hydrogen) atoms. The summed E-state index contributed by atoms with van der Waals surface area (Å²) < 4.78 is 26.6. The highest BCUT2D eigenvalue weighted by molar-refractivity contribution is 5.89. The van der Waals surface area contributed by atoms with Crippen LogP contribution in [0.2, 0.25) is 0 Å². The number of hydrogen-bond acceptors (Lipinski definition) is 2. The molecule has 0 spiro atoms. The molecule has 0 fully saturated rings. The summed E-state index contributed by atoms with van der Waals surface area (Å²) in [5.41, 5.74) is 0.564. The highest BCUT2D eigenvalue weighted by Crippen LogP contribution is 2.28. The summed E-state index contributed by atoms with van der Waals surface area (Å²) in [4.78, 5) is 15.6. The van der Waals surface area contributed by atoms with Crippen molar-refractivity contribution in [3.8, 4) is 11.3 Å². The highest BCUT2D eigenvalue weighted by atomic mass is 19.1. The molecule has 0 amide bonds. The van der Waals surface area contributed by atoms with Crippen molar-refractivity contribution in [1.29, 1.82) is 0 Å². The number of aromatic nitrogens is 1. The topological polar surface area (TPSA) is 50.2 Å². The van der Waals surface area contributed by atoms with E-state index in [4.69, 9.17) is 0 Å². The summed E-state index contributed by atoms with van der Waals surface area (Å²) in [6, 6.07) is 5.97. The van der Waals surface area contributed by atoms with Gasteiger partial charge >= 0.3 is 5.97 Å². The molecule has 0 aliphatic rings. The van der Waals surface area contributed by atoms with Crippen molar-refractivity contribution in [3.63, 3.8) is 0 Å². The van der Waals surface area contributed by atoms with Gasteiger partial charge < -0.3 is 5.11 Å². The molecule has 110 valence electrons. The summed E-state index contributed by atoms with van der Waals surface area (Å²) in [7, 11) is 0. The van der Waals surface area contributed by atoms with Crippen molar-refractivity contribution in [2.24, 2.45) is 0 Å². The molecule has 3 nitrogen and oxygen atoms in total. The molecular weight excluding hydrogens is 276 g/mol. The highest BCUT2D eigenvalue weighted by Gasteiger charge is 2.24. The van der Waals surface area contributed by atoms with E-state index in [0.29, 0.717) is 11.4 Å². The van der Waals surface area contributed by atoms with E-state index in [9.17, 15) is 18.7 Å². The number of rotatable bonds is 2. The Bertz CT molecular complexity index is 686. The zero-order valence-electron chi connectivity index (χ0n) is 11.9. The van der Waals surface area contributed by atoms with Crippen molar-refractivity contribution in [3.05, 3.63) is 53.2 Å². The normalized spacial score (nSPS) is 11.5. The molecule has 0 atom stereocenters. The Balaban J connectivity index is 2.64. The number of pyridine rings is 1. The third kappa shape index (κ3) is 3.24. The van der Waals surface area contributed by atoms with E-state index >= 15 is 0 Å². The predicted octanol–water partition coefficient (Wildman–Crippen LogP) is 4.02. The molecule has 5 heteroatoms. The standard InChI is InChI=1S/C16H15F2NO2/c1-16(2,3)14-12(15(20)21)4-5-13(19-14)9-6-10(17)8-11(18)7-9/h4-8H,1-3H3,(H,20,21). The van der Waals surface area contributed by atoms with E-state index in [2.05, 4.69) is 4.98 Å². The van der Waals surface area contributed by atoms with Gasteiger partial charge in [-0.3, -0.25) is 4.98 Å². The lowest BCUT2D eigenvalue weighted by atomic mass is 9.88. The van der Waals surface area contributed by atoms with E-state index in [1.165, 1.54) is 12.1 Å². The summed E-state index contributed by atoms with van der Waals surface area (Å²) in [5, 5.41) is 9.22. The second kappa shape index (κ2) is 5.24. The number of benzene rings is 1. The zero-order chi connectivity index (χ0) is 15.8. The van der Waals surface area contributed by atoms with Gasteiger partial charge in [-0.1, -0.05) is 20.8 Å². The summed E-state index contributed by atoms with van der Waals surface area (Å²) in [6.45, 7) is 5.49. The molecule has 0 aliphatic heterocycles. The fraction of sp³-hybridized carbons (Fsp3) is 0.250. The number of hydrogen-bond donors (Lipinski definition) is 1. The van der Waals surface area contributed by atoms with Crippen LogP contribution in [0.3, 0.4) is 0 Å². The Morgan fingerprint density at radius 1 is 1.10 bits per heavy atom. The first-order valence-electron chi connectivity index (χ1n) is 6.40. The number of nitrogens with zero attached hydrogens (tertiary/aromatic N) is 1. The second-order valence-corrected chi connectivity index (χ2v) is 5.81. The van der Waals surface area contributed by atoms with Gasteiger partial charge in [0.05, 0.1) is 17.0 Å². The van der Waals surface area contributed by atoms with Crippen molar-refractivity contribution in [2.45, 2.75) is 26.2 Å². The number of aromatic carboxylic acids is 1. The molecule has 0 radical (unpaired) electrons. The lowest BCUT2D eigenvalue weighted by Crippen LogP contribution is -2.19. The molecule has 0 aliphatic carbocycles. The largest absolute Gasteiger partial charge is 0.478 e. The minimum atomic E-state index is -1.08. The van der Waals surface area contributed by atoms with Crippen LogP contribution >= 0.6 is 0 Å². The monoisotopic (exact) mass is 291 g/mol. The van der Waals surface area contributed by atoms with Crippen LogP contribution in [0.4, 0.5) is 8.78 Å². The van der Waals surface area contributed by atoms with E-state index in [0.717, 1.165) is 18.2 Å². The van der Waals surface area contributed by atoms with Crippen LogP contribution in [0.15, 0.2) is 30.3 Å². The SMILES string of the molecule is CC(C)(C)c1nc(-c2cc(F)cc(F)c2)ccc1C(=O)O. The van der Waals surface area contributed by atoms with E-state index in [1.54, 1.807) is 0 Å². The second-order valence-electron chi connectivity index (χ2n) is 5.81. The van der Waals surface area contributed by atoms with Gasteiger partial charge in [-0.05, 0) is 24.3 Å². The quantitative estimate of drug-likeness (QED) is 0.909. The molecule has 1 aromatic heterocycles. The molecule has 0 saturated carbocycles. The van der Waals surface area contributed by atoms with Gasteiger partial charge in [-0.25, -0.2) is 13.6 Å². The number of carboxylic acids is 1. The first kappa shape index (κ1) is 15.1. The van der Waals surface area contributed by atoms with Gasteiger partial charge in [0.2, 0.25) is 0 Å². The smallest absolute Gasteiger partial charge is 0.337 e. The maximum Gasteiger partial charge on any atom is 0.337 e. The van der Waals surface area contributed by atoms with Crippen molar-refractivity contribution < 1.29 is 18.7 Å². The third-order valence-corrected chi connectivity index (χ3v) is 2.99. The molecule has 0 saturated heterocycles. The van der Waals surface area contributed by atoms with Crippen molar-refractivity contribution >= 4 is 5.97 Å². The fourth-order valence-electron chi connectivity index (χ4n) is 2.07. The average Bonchev–Trinajstić information content (AvgIpc) is 2.35. The fourth-order valence-corrected chi connectivity index (χ4v) is 2.07. The summed E-state index contributed by atoms with van der Waals surface area (Å²) in [6.07, 6.45) is 0. The molecule has 1 aromatic carbocycles. The number of carboxylic acid groups (broad SMARTS) is 1. The lowest BCUT2D eigenvalue weighted by molar-refractivity contribution is 0.0693. The van der Waals surface area contributed by atoms with Gasteiger partial charge in [0, 0.05) is 17.0 Å². The first-order valence-corrected chi connectivity index (χ1v) is 6.40. The minimum absolute atomic E-state index is 0.0862. The zero-order valence-corrected chi connectivity index (χ0v) is 11.9. The van der Waals surface area contributed by atoms with Crippen LogP contribution < -0.4 is 0 Å². The Kier molecular flexibility index (Phi) is 3.77. The summed E-state index contributed by atoms with van der Waals surface area (Å²) in [5.74, 6) is -2.48. The number of halogens is 2. The van der Waals surface area contributed by atoms with Crippen LogP contribution in [0.5, 0.6) is 0 Å². The van der Waals surface area contributed by atoms with Crippen LogP contribution in [-0.4, -0.2) is 16.1 Å². The lowest BCUT2D eigenvalue weighted by Gasteiger charge is -2.21. The van der Waals surface area contributed by atoms with Gasteiger partial charge in [-0.15, -0.1) is 0 Å². The van der Waals surface area contributed by atoms with Gasteiger partial charge in [0.25, 0.3) is 0 Å². The molecule has 2 rings (SSSR count). The van der Waals surface area contributed by atoms with Crippen LogP contribution in [0, 0.1) is 11.6 Å². The first-order chi connectivity index (χ1) is 9.68. The maximum absolute atomic E-state index is 13.3. The molecule has 1 heterocycles. The number of carbonyl (C=O) groups is 1. The van der Waals surface area contributed by atoms with Crippen molar-refractivity contribution in [2.75, 3.05) is 0 Å². The van der Waals surface area contributed by atoms with E-state index in [1.807, 2.05) is 20.8 Å². The summed E-state index contributed by atoms with van der Waals surface area (Å²) >= 11 is 0. The molecular formula is C16H15F2NO2. The maximum atomic E-state index is 13.3. The molecule has 0 bridgehead atoms. The Labute approximate surface area is 121 Å². The average molecular weight is 291 g/mol.